The highest BCUT2D eigenvalue weighted by atomic mass is 19.4. The normalized spacial score (nSPS) is 11.4. The van der Waals surface area contributed by atoms with Gasteiger partial charge in [-0.1, -0.05) is 6.07 Å². The molecule has 3 nitrogen and oxygen atoms in total. The average molecular weight is 317 g/mol. The van der Waals surface area contributed by atoms with E-state index in [4.69, 9.17) is 0 Å². The van der Waals surface area contributed by atoms with Gasteiger partial charge in [-0.25, -0.2) is 4.98 Å². The molecule has 3 rings (SSSR count). The van der Waals surface area contributed by atoms with Gasteiger partial charge in [-0.15, -0.1) is 0 Å². The van der Waals surface area contributed by atoms with Gasteiger partial charge < -0.3 is 10.3 Å². The molecular formula is C17H14F3N3. The van der Waals surface area contributed by atoms with Crippen molar-refractivity contribution in [2.45, 2.75) is 12.6 Å². The van der Waals surface area contributed by atoms with Crippen LogP contribution in [-0.2, 0) is 12.6 Å². The van der Waals surface area contributed by atoms with E-state index in [2.05, 4.69) is 15.3 Å². The Labute approximate surface area is 131 Å². The standard InChI is InChI=1S/C17H14F3N3/c18-17(19,20)14-2-4-15(5-3-14)23-16-6-1-12(11-22-16)9-13-7-8-21-10-13/h1-8,10-11,21H,9H2,(H,22,23). The maximum absolute atomic E-state index is 12.5. The van der Waals surface area contributed by atoms with Crippen LogP contribution in [0.25, 0.3) is 0 Å². The largest absolute Gasteiger partial charge is 0.416 e. The number of H-pyrrole nitrogens is 1. The van der Waals surface area contributed by atoms with Gasteiger partial charge in [-0.2, -0.15) is 13.2 Å². The molecule has 6 heteroatoms. The molecule has 3 aromatic rings. The van der Waals surface area contributed by atoms with Crippen LogP contribution >= 0.6 is 0 Å². The summed E-state index contributed by atoms with van der Waals surface area (Å²) in [5.74, 6) is 0.586. The van der Waals surface area contributed by atoms with Crippen molar-refractivity contribution >= 4 is 11.5 Å². The van der Waals surface area contributed by atoms with Crippen LogP contribution in [0, 0.1) is 0 Å². The predicted molar refractivity (Wildman–Crippen MR) is 82.6 cm³/mol. The Bertz CT molecular complexity index is 745. The Balaban J connectivity index is 1.66. The van der Waals surface area contributed by atoms with Gasteiger partial charge in [0.05, 0.1) is 5.56 Å². The summed E-state index contributed by atoms with van der Waals surface area (Å²) < 4.78 is 37.5. The van der Waals surface area contributed by atoms with Crippen molar-refractivity contribution in [3.05, 3.63) is 77.7 Å². The van der Waals surface area contributed by atoms with Crippen molar-refractivity contribution in [2.24, 2.45) is 0 Å². The van der Waals surface area contributed by atoms with Crippen LogP contribution in [0.15, 0.2) is 61.1 Å². The summed E-state index contributed by atoms with van der Waals surface area (Å²) in [6.07, 6.45) is 1.99. The fourth-order valence-corrected chi connectivity index (χ4v) is 2.20. The highest BCUT2D eigenvalue weighted by Gasteiger charge is 2.29. The molecule has 0 bridgehead atoms. The first-order chi connectivity index (χ1) is 11.0. The lowest BCUT2D eigenvalue weighted by atomic mass is 10.1. The fraction of sp³-hybridized carbons (Fsp3) is 0.118. The van der Waals surface area contributed by atoms with Crippen molar-refractivity contribution in [3.8, 4) is 0 Å². The number of nitrogens with zero attached hydrogens (tertiary/aromatic N) is 1. The Kier molecular flexibility index (Phi) is 4.06. The Morgan fingerprint density at radius 1 is 0.957 bits per heavy atom. The van der Waals surface area contributed by atoms with Crippen molar-refractivity contribution in [1.29, 1.82) is 0 Å². The molecule has 0 atom stereocenters. The summed E-state index contributed by atoms with van der Waals surface area (Å²) in [6.45, 7) is 0. The minimum Gasteiger partial charge on any atom is -0.367 e. The predicted octanol–water partition coefficient (Wildman–Crippen LogP) is 4.76. The number of aromatic amines is 1. The van der Waals surface area contributed by atoms with E-state index in [1.807, 2.05) is 24.5 Å². The van der Waals surface area contributed by atoms with E-state index in [0.717, 1.165) is 29.7 Å². The number of hydrogen-bond donors (Lipinski definition) is 2. The third-order valence-corrected chi connectivity index (χ3v) is 3.38. The summed E-state index contributed by atoms with van der Waals surface area (Å²) in [5, 5.41) is 2.98. The lowest BCUT2D eigenvalue weighted by molar-refractivity contribution is -0.137. The molecule has 0 aliphatic heterocycles. The molecule has 1 aromatic carbocycles. The Morgan fingerprint density at radius 3 is 2.30 bits per heavy atom. The van der Waals surface area contributed by atoms with E-state index in [1.54, 1.807) is 12.3 Å². The molecule has 0 fully saturated rings. The Morgan fingerprint density at radius 2 is 1.74 bits per heavy atom. The van der Waals surface area contributed by atoms with Crippen LogP contribution in [0.5, 0.6) is 0 Å². The zero-order chi connectivity index (χ0) is 16.3. The lowest BCUT2D eigenvalue weighted by Gasteiger charge is -2.09. The number of aromatic nitrogens is 2. The smallest absolute Gasteiger partial charge is 0.367 e. The summed E-state index contributed by atoms with van der Waals surface area (Å²) in [5.41, 5.74) is 2.11. The van der Waals surface area contributed by atoms with Gasteiger partial charge in [0, 0.05) is 30.7 Å². The molecule has 2 N–H and O–H groups in total. The van der Waals surface area contributed by atoms with Crippen LogP contribution in [0.1, 0.15) is 16.7 Å². The molecule has 118 valence electrons. The van der Waals surface area contributed by atoms with Crippen LogP contribution in [0.2, 0.25) is 0 Å². The van der Waals surface area contributed by atoms with Gasteiger partial charge in [0.15, 0.2) is 0 Å². The zero-order valence-electron chi connectivity index (χ0n) is 12.1. The van der Waals surface area contributed by atoms with E-state index in [9.17, 15) is 13.2 Å². The quantitative estimate of drug-likeness (QED) is 0.728. The minimum atomic E-state index is -4.32. The molecule has 0 aliphatic carbocycles. The number of alkyl halides is 3. The Hall–Kier alpha value is -2.76. The topological polar surface area (TPSA) is 40.7 Å². The molecule has 0 saturated heterocycles. The molecule has 0 unspecified atom stereocenters. The number of rotatable bonds is 4. The molecule has 2 aromatic heterocycles. The minimum absolute atomic E-state index is 0.559. The first kappa shape index (κ1) is 15.1. The van der Waals surface area contributed by atoms with Gasteiger partial charge in [-0.05, 0) is 47.5 Å². The van der Waals surface area contributed by atoms with Crippen molar-refractivity contribution in [2.75, 3.05) is 5.32 Å². The number of nitrogens with one attached hydrogen (secondary N) is 2. The number of halogens is 3. The average Bonchev–Trinajstić information content (AvgIpc) is 3.02. The zero-order valence-corrected chi connectivity index (χ0v) is 12.1. The van der Waals surface area contributed by atoms with Gasteiger partial charge in [0.1, 0.15) is 5.82 Å². The first-order valence-corrected chi connectivity index (χ1v) is 7.01. The second kappa shape index (κ2) is 6.16. The van der Waals surface area contributed by atoms with Gasteiger partial charge >= 0.3 is 6.18 Å². The van der Waals surface area contributed by atoms with Crippen molar-refractivity contribution in [3.63, 3.8) is 0 Å². The summed E-state index contributed by atoms with van der Waals surface area (Å²) in [7, 11) is 0. The number of pyridine rings is 1. The summed E-state index contributed by atoms with van der Waals surface area (Å²) in [6, 6.07) is 10.6. The van der Waals surface area contributed by atoms with E-state index in [-0.39, 0.29) is 0 Å². The molecule has 0 amide bonds. The molecule has 2 heterocycles. The highest BCUT2D eigenvalue weighted by molar-refractivity contribution is 5.56. The van der Waals surface area contributed by atoms with Crippen LogP contribution in [0.3, 0.4) is 0 Å². The highest BCUT2D eigenvalue weighted by Crippen LogP contribution is 2.30. The third-order valence-electron chi connectivity index (χ3n) is 3.38. The molecule has 23 heavy (non-hydrogen) atoms. The van der Waals surface area contributed by atoms with Crippen LogP contribution < -0.4 is 5.32 Å². The van der Waals surface area contributed by atoms with Crippen LogP contribution in [0.4, 0.5) is 24.7 Å². The molecule has 0 spiro atoms. The van der Waals surface area contributed by atoms with Gasteiger partial charge in [-0.3, -0.25) is 0 Å². The fourth-order valence-electron chi connectivity index (χ4n) is 2.20. The SMILES string of the molecule is FC(F)(F)c1ccc(Nc2ccc(Cc3cc[nH]c3)cn2)cc1. The van der Waals surface area contributed by atoms with Gasteiger partial charge in [0.25, 0.3) is 0 Å². The van der Waals surface area contributed by atoms with Crippen molar-refractivity contribution in [1.82, 2.24) is 9.97 Å². The summed E-state index contributed by atoms with van der Waals surface area (Å²) >= 11 is 0. The molecule has 0 aliphatic rings. The molecule has 0 radical (unpaired) electrons. The summed E-state index contributed by atoms with van der Waals surface area (Å²) in [4.78, 5) is 7.28. The number of anilines is 2. The van der Waals surface area contributed by atoms with E-state index in [0.29, 0.717) is 11.5 Å². The van der Waals surface area contributed by atoms with E-state index in [1.165, 1.54) is 12.1 Å². The third kappa shape index (κ3) is 3.91. The molecule has 0 saturated carbocycles. The second-order valence-corrected chi connectivity index (χ2v) is 5.15. The second-order valence-electron chi connectivity index (χ2n) is 5.15. The maximum Gasteiger partial charge on any atom is 0.416 e. The van der Waals surface area contributed by atoms with E-state index >= 15 is 0 Å². The number of hydrogen-bond acceptors (Lipinski definition) is 2. The maximum atomic E-state index is 12.5. The first-order valence-electron chi connectivity index (χ1n) is 7.01. The lowest BCUT2D eigenvalue weighted by Crippen LogP contribution is -2.04. The van der Waals surface area contributed by atoms with Gasteiger partial charge in [0.2, 0.25) is 0 Å². The van der Waals surface area contributed by atoms with Crippen LogP contribution in [-0.4, -0.2) is 9.97 Å². The molecular weight excluding hydrogens is 303 g/mol. The monoisotopic (exact) mass is 317 g/mol. The number of benzene rings is 1. The van der Waals surface area contributed by atoms with E-state index < -0.39 is 11.7 Å². The van der Waals surface area contributed by atoms with Crippen molar-refractivity contribution < 1.29 is 13.2 Å².